The van der Waals surface area contributed by atoms with Crippen molar-refractivity contribution in [2.24, 2.45) is 0 Å². The van der Waals surface area contributed by atoms with Crippen molar-refractivity contribution in [3.05, 3.63) is 83.3 Å². The average Bonchev–Trinajstić information content (AvgIpc) is 2.72. The SMILES string of the molecule is CCN(Cc1ccccc1)C(=O)c1cc(Nc2ccccc2C#N)nc(C)n1. The van der Waals surface area contributed by atoms with Crippen molar-refractivity contribution in [1.82, 2.24) is 14.9 Å². The molecule has 1 aromatic heterocycles. The van der Waals surface area contributed by atoms with Gasteiger partial charge in [0.15, 0.2) is 0 Å². The number of anilines is 2. The Morgan fingerprint density at radius 2 is 1.82 bits per heavy atom. The van der Waals surface area contributed by atoms with Crippen LogP contribution in [0.4, 0.5) is 11.5 Å². The summed E-state index contributed by atoms with van der Waals surface area (Å²) in [5.41, 5.74) is 2.52. The Bertz CT molecular complexity index is 1010. The van der Waals surface area contributed by atoms with Gasteiger partial charge in [-0.2, -0.15) is 5.26 Å². The molecule has 0 bridgehead atoms. The third-order valence-corrected chi connectivity index (χ3v) is 4.25. The van der Waals surface area contributed by atoms with Gasteiger partial charge in [-0.25, -0.2) is 9.97 Å². The topological polar surface area (TPSA) is 81.9 Å². The van der Waals surface area contributed by atoms with Gasteiger partial charge in [0, 0.05) is 19.2 Å². The zero-order chi connectivity index (χ0) is 19.9. The quantitative estimate of drug-likeness (QED) is 0.706. The van der Waals surface area contributed by atoms with Gasteiger partial charge >= 0.3 is 0 Å². The van der Waals surface area contributed by atoms with Crippen LogP contribution in [0.3, 0.4) is 0 Å². The molecule has 6 nitrogen and oxygen atoms in total. The van der Waals surface area contributed by atoms with Gasteiger partial charge in [-0.05, 0) is 31.5 Å². The molecule has 140 valence electrons. The van der Waals surface area contributed by atoms with Crippen LogP contribution < -0.4 is 5.32 Å². The number of carbonyl (C=O) groups is 1. The Kier molecular flexibility index (Phi) is 5.97. The highest BCUT2D eigenvalue weighted by atomic mass is 16.2. The molecule has 0 unspecified atom stereocenters. The standard InChI is InChI=1S/C22H21N5O/c1-3-27(15-17-9-5-4-6-10-17)22(28)20-13-21(25-16(2)24-20)26-19-12-8-7-11-18(19)14-23/h4-13H,3,15H2,1-2H3,(H,24,25,26). The van der Waals surface area contributed by atoms with Gasteiger partial charge in [-0.3, -0.25) is 4.79 Å². The van der Waals surface area contributed by atoms with Crippen molar-refractivity contribution in [3.63, 3.8) is 0 Å². The van der Waals surface area contributed by atoms with Crippen LogP contribution in [0.1, 0.15) is 34.4 Å². The fourth-order valence-corrected chi connectivity index (χ4v) is 2.86. The minimum absolute atomic E-state index is 0.159. The number of nitriles is 1. The summed E-state index contributed by atoms with van der Waals surface area (Å²) in [6.07, 6.45) is 0. The van der Waals surface area contributed by atoms with E-state index in [4.69, 9.17) is 0 Å². The van der Waals surface area contributed by atoms with E-state index in [1.165, 1.54) is 0 Å². The van der Waals surface area contributed by atoms with Crippen LogP contribution in [-0.2, 0) is 6.54 Å². The maximum absolute atomic E-state index is 13.0. The predicted molar refractivity (Wildman–Crippen MR) is 108 cm³/mol. The number of hydrogen-bond donors (Lipinski definition) is 1. The third-order valence-electron chi connectivity index (χ3n) is 4.25. The molecule has 0 fully saturated rings. The molecule has 0 radical (unpaired) electrons. The van der Waals surface area contributed by atoms with Gasteiger partial charge in [0.2, 0.25) is 0 Å². The molecule has 0 aliphatic rings. The number of carbonyl (C=O) groups excluding carboxylic acids is 1. The van der Waals surface area contributed by atoms with Gasteiger partial charge < -0.3 is 10.2 Å². The summed E-state index contributed by atoms with van der Waals surface area (Å²) in [5, 5.41) is 12.4. The number of hydrogen-bond acceptors (Lipinski definition) is 5. The Labute approximate surface area is 164 Å². The van der Waals surface area contributed by atoms with Crippen LogP contribution >= 0.6 is 0 Å². The van der Waals surface area contributed by atoms with E-state index in [9.17, 15) is 10.1 Å². The summed E-state index contributed by atoms with van der Waals surface area (Å²) in [7, 11) is 0. The smallest absolute Gasteiger partial charge is 0.272 e. The molecule has 1 heterocycles. The summed E-state index contributed by atoms with van der Waals surface area (Å²) in [4.78, 5) is 23.4. The molecule has 1 N–H and O–H groups in total. The summed E-state index contributed by atoms with van der Waals surface area (Å²) in [6.45, 7) is 4.76. The number of aryl methyl sites for hydroxylation is 1. The maximum atomic E-state index is 13.0. The van der Waals surface area contributed by atoms with E-state index in [-0.39, 0.29) is 5.91 Å². The normalized spacial score (nSPS) is 10.2. The van der Waals surface area contributed by atoms with E-state index in [0.29, 0.717) is 41.7 Å². The molecule has 0 aliphatic carbocycles. The number of aromatic nitrogens is 2. The van der Waals surface area contributed by atoms with E-state index in [2.05, 4.69) is 21.4 Å². The predicted octanol–water partition coefficient (Wildman–Crippen LogP) is 4.06. The van der Waals surface area contributed by atoms with Gasteiger partial charge in [0.25, 0.3) is 5.91 Å². The molecule has 3 aromatic rings. The second-order valence-corrected chi connectivity index (χ2v) is 6.27. The fourth-order valence-electron chi connectivity index (χ4n) is 2.86. The average molecular weight is 371 g/mol. The van der Waals surface area contributed by atoms with E-state index < -0.39 is 0 Å². The molecular formula is C22H21N5O. The summed E-state index contributed by atoms with van der Waals surface area (Å²) in [6, 6.07) is 20.8. The number of para-hydroxylation sites is 1. The monoisotopic (exact) mass is 371 g/mol. The van der Waals surface area contributed by atoms with Crippen LogP contribution in [0.5, 0.6) is 0 Å². The van der Waals surface area contributed by atoms with E-state index in [1.807, 2.05) is 43.3 Å². The zero-order valence-corrected chi connectivity index (χ0v) is 15.9. The Balaban J connectivity index is 1.85. The lowest BCUT2D eigenvalue weighted by molar-refractivity contribution is 0.0746. The van der Waals surface area contributed by atoms with Crippen LogP contribution in [0.25, 0.3) is 0 Å². The van der Waals surface area contributed by atoms with Crippen LogP contribution in [0.15, 0.2) is 60.7 Å². The van der Waals surface area contributed by atoms with Crippen molar-refractivity contribution in [2.45, 2.75) is 20.4 Å². The zero-order valence-electron chi connectivity index (χ0n) is 15.9. The first-order chi connectivity index (χ1) is 13.6. The van der Waals surface area contributed by atoms with E-state index >= 15 is 0 Å². The lowest BCUT2D eigenvalue weighted by atomic mass is 10.2. The Hall–Kier alpha value is -3.72. The van der Waals surface area contributed by atoms with Crippen LogP contribution in [0.2, 0.25) is 0 Å². The Morgan fingerprint density at radius 3 is 2.54 bits per heavy atom. The van der Waals surface area contributed by atoms with Gasteiger partial charge in [-0.15, -0.1) is 0 Å². The van der Waals surface area contributed by atoms with E-state index in [1.54, 1.807) is 36.1 Å². The molecular weight excluding hydrogens is 350 g/mol. The van der Waals surface area contributed by atoms with Crippen LogP contribution in [0, 0.1) is 18.3 Å². The van der Waals surface area contributed by atoms with Gasteiger partial charge in [0.05, 0.1) is 11.3 Å². The second-order valence-electron chi connectivity index (χ2n) is 6.27. The highest BCUT2D eigenvalue weighted by Crippen LogP contribution is 2.20. The highest BCUT2D eigenvalue weighted by molar-refractivity contribution is 5.93. The maximum Gasteiger partial charge on any atom is 0.272 e. The molecule has 28 heavy (non-hydrogen) atoms. The molecule has 0 saturated heterocycles. The highest BCUT2D eigenvalue weighted by Gasteiger charge is 2.18. The minimum Gasteiger partial charge on any atom is -0.339 e. The van der Waals surface area contributed by atoms with Gasteiger partial charge in [0.1, 0.15) is 23.4 Å². The number of nitrogens with zero attached hydrogens (tertiary/aromatic N) is 4. The van der Waals surface area contributed by atoms with E-state index in [0.717, 1.165) is 5.56 Å². The molecule has 0 atom stereocenters. The largest absolute Gasteiger partial charge is 0.339 e. The van der Waals surface area contributed by atoms with Crippen LogP contribution in [-0.4, -0.2) is 27.3 Å². The molecule has 0 spiro atoms. The number of nitrogens with one attached hydrogen (secondary N) is 1. The summed E-state index contributed by atoms with van der Waals surface area (Å²) in [5.74, 6) is 0.807. The molecule has 1 amide bonds. The lowest BCUT2D eigenvalue weighted by Crippen LogP contribution is -2.31. The minimum atomic E-state index is -0.159. The number of benzene rings is 2. The van der Waals surface area contributed by atoms with Crippen molar-refractivity contribution >= 4 is 17.4 Å². The molecule has 0 saturated carbocycles. The number of amides is 1. The number of rotatable bonds is 6. The first kappa shape index (κ1) is 19.1. The fraction of sp³-hybridized carbons (Fsp3) is 0.182. The molecule has 0 aliphatic heterocycles. The van der Waals surface area contributed by atoms with Crippen molar-refractivity contribution < 1.29 is 4.79 Å². The first-order valence-electron chi connectivity index (χ1n) is 9.05. The summed E-state index contributed by atoms with van der Waals surface area (Å²) >= 11 is 0. The van der Waals surface area contributed by atoms with Crippen molar-refractivity contribution in [3.8, 4) is 6.07 Å². The first-order valence-corrected chi connectivity index (χ1v) is 9.05. The van der Waals surface area contributed by atoms with Crippen molar-refractivity contribution in [1.29, 1.82) is 5.26 Å². The van der Waals surface area contributed by atoms with Gasteiger partial charge in [-0.1, -0.05) is 42.5 Å². The lowest BCUT2D eigenvalue weighted by Gasteiger charge is -2.21. The molecule has 2 aromatic carbocycles. The Morgan fingerprint density at radius 1 is 1.11 bits per heavy atom. The summed E-state index contributed by atoms with van der Waals surface area (Å²) < 4.78 is 0. The second kappa shape index (κ2) is 8.78. The van der Waals surface area contributed by atoms with Crippen molar-refractivity contribution in [2.75, 3.05) is 11.9 Å². The molecule has 6 heteroatoms. The molecule has 3 rings (SSSR count). The third kappa shape index (κ3) is 4.51.